The van der Waals surface area contributed by atoms with E-state index in [4.69, 9.17) is 22.4 Å². The van der Waals surface area contributed by atoms with Gasteiger partial charge in [-0.3, -0.25) is 0 Å². The van der Waals surface area contributed by atoms with Crippen LogP contribution in [0.4, 0.5) is 5.69 Å². The summed E-state index contributed by atoms with van der Waals surface area (Å²) < 4.78 is 0. The van der Waals surface area contributed by atoms with Crippen molar-refractivity contribution in [3.05, 3.63) is 28.8 Å². The fourth-order valence-corrected chi connectivity index (χ4v) is 1.51. The Morgan fingerprint density at radius 3 is 2.57 bits per heavy atom. The van der Waals surface area contributed by atoms with Crippen molar-refractivity contribution in [3.63, 3.8) is 0 Å². The summed E-state index contributed by atoms with van der Waals surface area (Å²) in [5.74, 6) is 0. The molecule has 0 bridgehead atoms. The van der Waals surface area contributed by atoms with Crippen LogP contribution in [0.25, 0.3) is 0 Å². The van der Waals surface area contributed by atoms with E-state index in [0.717, 1.165) is 11.3 Å². The van der Waals surface area contributed by atoms with Crippen molar-refractivity contribution >= 4 is 17.3 Å². The molecule has 0 aliphatic rings. The number of hydrogen-bond acceptors (Lipinski definition) is 3. The minimum atomic E-state index is -0.404. The molecule has 14 heavy (non-hydrogen) atoms. The summed E-state index contributed by atoms with van der Waals surface area (Å²) in [6.07, 6.45) is 0. The molecule has 1 rings (SSSR count). The monoisotopic (exact) mass is 214 g/mol. The highest BCUT2D eigenvalue weighted by atomic mass is 35.5. The Hall–Kier alpha value is -0.770. The summed E-state index contributed by atoms with van der Waals surface area (Å²) in [6.45, 7) is -0.0962. The molecular weight excluding hydrogens is 200 g/mol. The maximum Gasteiger partial charge on any atom is 0.0624 e. The predicted molar refractivity (Wildman–Crippen MR) is 59.8 cm³/mol. The van der Waals surface area contributed by atoms with Crippen molar-refractivity contribution < 1.29 is 5.11 Å². The molecule has 0 aliphatic carbocycles. The molecular formula is C10H15ClN2O. The van der Waals surface area contributed by atoms with Crippen LogP contribution < -0.4 is 10.6 Å². The second-order valence-electron chi connectivity index (χ2n) is 3.39. The van der Waals surface area contributed by atoms with Gasteiger partial charge in [0.25, 0.3) is 0 Å². The fraction of sp³-hybridized carbons (Fsp3) is 0.400. The van der Waals surface area contributed by atoms with Gasteiger partial charge in [0.2, 0.25) is 0 Å². The van der Waals surface area contributed by atoms with Gasteiger partial charge >= 0.3 is 0 Å². The van der Waals surface area contributed by atoms with Crippen LogP contribution in [0.2, 0.25) is 5.02 Å². The van der Waals surface area contributed by atoms with Crippen LogP contribution in [0.3, 0.4) is 0 Å². The van der Waals surface area contributed by atoms with Crippen LogP contribution in [0.1, 0.15) is 11.6 Å². The topological polar surface area (TPSA) is 49.5 Å². The van der Waals surface area contributed by atoms with Crippen molar-refractivity contribution in [2.45, 2.75) is 6.04 Å². The lowest BCUT2D eigenvalue weighted by Gasteiger charge is -2.16. The molecule has 0 saturated carbocycles. The van der Waals surface area contributed by atoms with Crippen LogP contribution in [-0.4, -0.2) is 25.8 Å². The minimum absolute atomic E-state index is 0.0962. The summed E-state index contributed by atoms with van der Waals surface area (Å²) in [5.41, 5.74) is 7.47. The van der Waals surface area contributed by atoms with Crippen LogP contribution in [0, 0.1) is 0 Å². The number of halogens is 1. The first-order valence-corrected chi connectivity index (χ1v) is 4.77. The van der Waals surface area contributed by atoms with E-state index in [1.165, 1.54) is 0 Å². The molecule has 0 saturated heterocycles. The summed E-state index contributed by atoms with van der Waals surface area (Å²) in [5, 5.41) is 9.49. The van der Waals surface area contributed by atoms with Gasteiger partial charge in [-0.2, -0.15) is 0 Å². The number of rotatable bonds is 3. The molecule has 1 aromatic rings. The molecule has 0 fully saturated rings. The highest BCUT2D eigenvalue weighted by Crippen LogP contribution is 2.25. The van der Waals surface area contributed by atoms with Gasteiger partial charge < -0.3 is 15.7 Å². The Kier molecular flexibility index (Phi) is 3.75. The second kappa shape index (κ2) is 4.64. The molecule has 3 N–H and O–H groups in total. The summed E-state index contributed by atoms with van der Waals surface area (Å²) in [6, 6.07) is 5.21. The first-order chi connectivity index (χ1) is 6.56. The molecule has 0 aromatic heterocycles. The SMILES string of the molecule is CN(C)c1ccc([C@@H](N)CO)c(Cl)c1. The number of hydrogen-bond donors (Lipinski definition) is 2. The Morgan fingerprint density at radius 1 is 1.50 bits per heavy atom. The largest absolute Gasteiger partial charge is 0.394 e. The Morgan fingerprint density at radius 2 is 2.14 bits per heavy atom. The van der Waals surface area contributed by atoms with E-state index in [0.29, 0.717) is 5.02 Å². The highest BCUT2D eigenvalue weighted by Gasteiger charge is 2.09. The van der Waals surface area contributed by atoms with E-state index in [9.17, 15) is 0 Å². The van der Waals surface area contributed by atoms with Crippen LogP contribution in [0.5, 0.6) is 0 Å². The number of benzene rings is 1. The first-order valence-electron chi connectivity index (χ1n) is 4.39. The van der Waals surface area contributed by atoms with Crippen molar-refractivity contribution in [2.75, 3.05) is 25.6 Å². The van der Waals surface area contributed by atoms with Gasteiger partial charge in [0.05, 0.1) is 12.6 Å². The standard InChI is InChI=1S/C10H15ClN2O/c1-13(2)7-3-4-8(9(11)5-7)10(12)6-14/h3-5,10,14H,6,12H2,1-2H3/t10-/m0/s1. The van der Waals surface area contributed by atoms with Crippen LogP contribution in [-0.2, 0) is 0 Å². The van der Waals surface area contributed by atoms with E-state index in [2.05, 4.69) is 0 Å². The molecule has 0 radical (unpaired) electrons. The van der Waals surface area contributed by atoms with Gasteiger partial charge in [0.15, 0.2) is 0 Å². The number of aliphatic hydroxyl groups is 1. The zero-order valence-corrected chi connectivity index (χ0v) is 9.12. The zero-order chi connectivity index (χ0) is 10.7. The number of nitrogens with two attached hydrogens (primary N) is 1. The van der Waals surface area contributed by atoms with E-state index < -0.39 is 6.04 Å². The van der Waals surface area contributed by atoms with Gasteiger partial charge in [-0.25, -0.2) is 0 Å². The van der Waals surface area contributed by atoms with Crippen LogP contribution in [0.15, 0.2) is 18.2 Å². The molecule has 4 heteroatoms. The zero-order valence-electron chi connectivity index (χ0n) is 8.37. The van der Waals surface area contributed by atoms with Crippen molar-refractivity contribution in [1.29, 1.82) is 0 Å². The van der Waals surface area contributed by atoms with Gasteiger partial charge in [0, 0.05) is 24.8 Å². The third-order valence-electron chi connectivity index (χ3n) is 2.10. The van der Waals surface area contributed by atoms with E-state index in [1.807, 2.05) is 37.2 Å². The third kappa shape index (κ3) is 2.38. The Bertz CT molecular complexity index is 315. The predicted octanol–water partition coefficient (Wildman–Crippen LogP) is 1.40. The normalized spacial score (nSPS) is 12.6. The molecule has 0 unspecified atom stereocenters. The molecule has 0 amide bonds. The number of nitrogens with zero attached hydrogens (tertiary/aromatic N) is 1. The van der Waals surface area contributed by atoms with Gasteiger partial charge in [-0.15, -0.1) is 0 Å². The molecule has 1 aromatic carbocycles. The average molecular weight is 215 g/mol. The maximum absolute atomic E-state index is 8.90. The lowest BCUT2D eigenvalue weighted by molar-refractivity contribution is 0.268. The molecule has 1 atom stereocenters. The maximum atomic E-state index is 8.90. The van der Waals surface area contributed by atoms with Gasteiger partial charge in [-0.1, -0.05) is 17.7 Å². The molecule has 3 nitrogen and oxygen atoms in total. The van der Waals surface area contributed by atoms with Crippen molar-refractivity contribution in [3.8, 4) is 0 Å². The van der Waals surface area contributed by atoms with Gasteiger partial charge in [-0.05, 0) is 17.7 Å². The van der Waals surface area contributed by atoms with Gasteiger partial charge in [0.1, 0.15) is 0 Å². The smallest absolute Gasteiger partial charge is 0.0624 e. The van der Waals surface area contributed by atoms with Crippen LogP contribution >= 0.6 is 11.6 Å². The number of anilines is 1. The Labute approximate surface area is 89.1 Å². The molecule has 0 aliphatic heterocycles. The van der Waals surface area contributed by atoms with Crippen molar-refractivity contribution in [1.82, 2.24) is 0 Å². The number of aliphatic hydroxyl groups excluding tert-OH is 1. The molecule has 0 heterocycles. The van der Waals surface area contributed by atoms with E-state index in [1.54, 1.807) is 0 Å². The fourth-order valence-electron chi connectivity index (χ4n) is 1.19. The van der Waals surface area contributed by atoms with Crippen molar-refractivity contribution in [2.24, 2.45) is 5.73 Å². The Balaban J connectivity index is 3.01. The molecule has 0 spiro atoms. The average Bonchev–Trinajstić information content (AvgIpc) is 2.16. The summed E-state index contributed by atoms with van der Waals surface area (Å²) in [4.78, 5) is 1.96. The summed E-state index contributed by atoms with van der Waals surface area (Å²) in [7, 11) is 3.88. The highest BCUT2D eigenvalue weighted by molar-refractivity contribution is 6.31. The second-order valence-corrected chi connectivity index (χ2v) is 3.80. The lowest BCUT2D eigenvalue weighted by atomic mass is 10.1. The lowest BCUT2D eigenvalue weighted by Crippen LogP contribution is -2.15. The quantitative estimate of drug-likeness (QED) is 0.800. The van der Waals surface area contributed by atoms with E-state index in [-0.39, 0.29) is 6.61 Å². The molecule has 78 valence electrons. The summed E-state index contributed by atoms with van der Waals surface area (Å²) >= 11 is 6.03. The third-order valence-corrected chi connectivity index (χ3v) is 2.42. The minimum Gasteiger partial charge on any atom is -0.394 e. The first kappa shape index (κ1) is 11.3. The van der Waals surface area contributed by atoms with E-state index >= 15 is 0 Å².